The summed E-state index contributed by atoms with van der Waals surface area (Å²) in [4.78, 5) is 19.5. The number of phenols is 1. The Morgan fingerprint density at radius 3 is 2.21 bits per heavy atom. The zero-order valence-electron chi connectivity index (χ0n) is 17.1. The Bertz CT molecular complexity index is 1350. The quantitative estimate of drug-likeness (QED) is 0.241. The predicted molar refractivity (Wildman–Crippen MR) is 124 cm³/mol. The highest BCUT2D eigenvalue weighted by Gasteiger charge is 2.21. The zero-order chi connectivity index (χ0) is 23.4. The van der Waals surface area contributed by atoms with Gasteiger partial charge < -0.3 is 5.11 Å². The zero-order valence-corrected chi connectivity index (χ0v) is 18.0. The number of thiol groups is 1. The highest BCUT2D eigenvalue weighted by Crippen LogP contribution is 2.31. The van der Waals surface area contributed by atoms with Gasteiger partial charge in [0, 0.05) is 24.1 Å². The molecule has 9 nitrogen and oxygen atoms in total. The summed E-state index contributed by atoms with van der Waals surface area (Å²) >= 11 is 0. The Balaban J connectivity index is 1.83. The van der Waals surface area contributed by atoms with Crippen LogP contribution in [0, 0.1) is 10.1 Å². The third kappa shape index (κ3) is 4.96. The highest BCUT2D eigenvalue weighted by atomic mass is 32.2. The Kier molecular flexibility index (Phi) is 6.27. The largest absolute Gasteiger partial charge is 0.508 e. The van der Waals surface area contributed by atoms with E-state index in [2.05, 4.69) is 9.97 Å². The number of rotatable bonds is 7. The molecule has 0 bridgehead atoms. The summed E-state index contributed by atoms with van der Waals surface area (Å²) in [6.45, 7) is 0. The van der Waals surface area contributed by atoms with Crippen LogP contribution < -0.4 is 4.31 Å². The molecule has 10 heteroatoms. The first-order valence-corrected chi connectivity index (χ1v) is 10.9. The van der Waals surface area contributed by atoms with E-state index in [-0.39, 0.29) is 22.9 Å². The molecule has 4 rings (SSSR count). The minimum absolute atomic E-state index is 0.103. The molecule has 0 saturated heterocycles. The van der Waals surface area contributed by atoms with Crippen molar-refractivity contribution >= 4 is 28.1 Å². The molecule has 0 amide bonds. The summed E-state index contributed by atoms with van der Waals surface area (Å²) in [6.07, 6.45) is 1.76. The van der Waals surface area contributed by atoms with Crippen molar-refractivity contribution in [3.63, 3.8) is 0 Å². The summed E-state index contributed by atoms with van der Waals surface area (Å²) in [5.41, 5.74) is 2.57. The maximum atomic E-state index is 12.2. The first kappa shape index (κ1) is 21.9. The number of non-ortho nitro benzene ring substituents is 1. The molecule has 1 N–H and O–H groups in total. The summed E-state index contributed by atoms with van der Waals surface area (Å²) in [5, 5.41) is 20.5. The van der Waals surface area contributed by atoms with Gasteiger partial charge in [-0.3, -0.25) is 10.1 Å². The van der Waals surface area contributed by atoms with Gasteiger partial charge in [-0.25, -0.2) is 22.7 Å². The molecule has 0 aliphatic rings. The molecule has 0 atom stereocenters. The predicted octanol–water partition coefficient (Wildman–Crippen LogP) is 4.01. The van der Waals surface area contributed by atoms with Crippen molar-refractivity contribution in [2.45, 2.75) is 6.42 Å². The van der Waals surface area contributed by atoms with Gasteiger partial charge in [-0.1, -0.05) is 30.3 Å². The molecule has 1 heterocycles. The second-order valence-corrected chi connectivity index (χ2v) is 7.93. The van der Waals surface area contributed by atoms with E-state index in [1.54, 1.807) is 12.1 Å². The van der Waals surface area contributed by atoms with E-state index in [0.717, 1.165) is 9.87 Å². The van der Waals surface area contributed by atoms with Crippen molar-refractivity contribution in [1.82, 2.24) is 9.97 Å². The first-order valence-electron chi connectivity index (χ1n) is 9.80. The van der Waals surface area contributed by atoms with E-state index in [1.807, 2.05) is 30.3 Å². The van der Waals surface area contributed by atoms with Crippen LogP contribution in [0.15, 0.2) is 85.1 Å². The van der Waals surface area contributed by atoms with Crippen molar-refractivity contribution < 1.29 is 18.4 Å². The third-order valence-corrected chi connectivity index (χ3v) is 5.62. The van der Waals surface area contributed by atoms with Crippen LogP contribution >= 0.6 is 0 Å². The lowest BCUT2D eigenvalue weighted by Crippen LogP contribution is -2.19. The van der Waals surface area contributed by atoms with Crippen LogP contribution in [0.1, 0.15) is 11.3 Å². The number of hydrogen-bond acceptors (Lipinski definition) is 7. The lowest BCUT2D eigenvalue weighted by molar-refractivity contribution is -0.384. The van der Waals surface area contributed by atoms with Gasteiger partial charge >= 0.3 is 0 Å². The highest BCUT2D eigenvalue weighted by molar-refractivity contribution is 7.74. The lowest BCUT2D eigenvalue weighted by Gasteiger charge is -2.20. The van der Waals surface area contributed by atoms with Crippen LogP contribution in [0.4, 0.5) is 17.2 Å². The van der Waals surface area contributed by atoms with E-state index >= 15 is 0 Å². The van der Waals surface area contributed by atoms with Crippen LogP contribution in [0.5, 0.6) is 5.75 Å². The summed E-state index contributed by atoms with van der Waals surface area (Å²) in [6, 6.07) is 21.0. The first-order chi connectivity index (χ1) is 15.9. The number of aromatic nitrogens is 2. The minimum atomic E-state index is -3.17. The second-order valence-electron chi connectivity index (χ2n) is 7.06. The fourth-order valence-electron chi connectivity index (χ4n) is 3.29. The molecule has 0 unspecified atom stereocenters. The van der Waals surface area contributed by atoms with Crippen molar-refractivity contribution in [3.05, 3.63) is 106 Å². The minimum Gasteiger partial charge on any atom is -0.508 e. The molecule has 0 saturated carbocycles. The van der Waals surface area contributed by atoms with Crippen LogP contribution in [0.25, 0.3) is 11.3 Å². The van der Waals surface area contributed by atoms with E-state index in [0.29, 0.717) is 23.4 Å². The molecule has 33 heavy (non-hydrogen) atoms. The molecule has 166 valence electrons. The maximum Gasteiger partial charge on any atom is 0.269 e. The van der Waals surface area contributed by atoms with E-state index in [4.69, 9.17) is 0 Å². The molecule has 4 aromatic rings. The number of nitrogens with zero attached hydrogens (tertiary/aromatic N) is 4. The average molecular weight is 462 g/mol. The number of anilines is 2. The summed E-state index contributed by atoms with van der Waals surface area (Å²) in [7, 11) is -3.17. The number of phenolic OH excluding ortho intramolecular Hbond substituents is 1. The van der Waals surface area contributed by atoms with Crippen molar-refractivity contribution in [3.8, 4) is 17.0 Å². The third-order valence-electron chi connectivity index (χ3n) is 4.87. The van der Waals surface area contributed by atoms with Gasteiger partial charge in [-0.15, -0.1) is 0 Å². The van der Waals surface area contributed by atoms with Crippen LogP contribution in [-0.2, 0) is 17.3 Å². The standard InChI is InChI=1S/C23H18N4O5S/c28-20-12-6-17(7-13-20)22-15-24-23(21(25-22)14-16-4-2-1-3-5-16)26(33(31)32)18-8-10-19(11-9-18)27(29)30/h1-13,15,28,33H,14H2. The summed E-state index contributed by atoms with van der Waals surface area (Å²) < 4.78 is 25.5. The molecule has 0 radical (unpaired) electrons. The fourth-order valence-corrected chi connectivity index (χ4v) is 3.93. The number of aromatic hydroxyl groups is 1. The second kappa shape index (κ2) is 9.45. The van der Waals surface area contributed by atoms with Gasteiger partial charge in [0.1, 0.15) is 5.75 Å². The SMILES string of the molecule is O=[N+]([O-])c1ccc(N(c2ncc(-c3ccc(O)cc3)nc2Cc2ccccc2)[SH](=O)=O)cc1. The van der Waals surface area contributed by atoms with Crippen molar-refractivity contribution in [2.24, 2.45) is 0 Å². The van der Waals surface area contributed by atoms with Crippen LogP contribution in [0.2, 0.25) is 0 Å². The van der Waals surface area contributed by atoms with E-state index in [9.17, 15) is 23.6 Å². The molecule has 0 spiro atoms. The lowest BCUT2D eigenvalue weighted by atomic mass is 10.1. The van der Waals surface area contributed by atoms with Crippen LogP contribution in [-0.4, -0.2) is 28.4 Å². The van der Waals surface area contributed by atoms with E-state index in [1.165, 1.54) is 42.6 Å². The molecule has 3 aromatic carbocycles. The monoisotopic (exact) mass is 462 g/mol. The Morgan fingerprint density at radius 1 is 0.939 bits per heavy atom. The number of benzene rings is 3. The van der Waals surface area contributed by atoms with Gasteiger partial charge in [-0.05, 0) is 42.0 Å². The van der Waals surface area contributed by atoms with Crippen LogP contribution in [0.3, 0.4) is 0 Å². The smallest absolute Gasteiger partial charge is 0.269 e. The van der Waals surface area contributed by atoms with Gasteiger partial charge in [-0.2, -0.15) is 0 Å². The molecule has 0 fully saturated rings. The van der Waals surface area contributed by atoms with Gasteiger partial charge in [0.05, 0.1) is 28.2 Å². The fraction of sp³-hybridized carbons (Fsp3) is 0.0435. The van der Waals surface area contributed by atoms with Crippen molar-refractivity contribution in [1.29, 1.82) is 0 Å². The average Bonchev–Trinajstić information content (AvgIpc) is 2.81. The normalized spacial score (nSPS) is 10.8. The molecule has 1 aromatic heterocycles. The summed E-state index contributed by atoms with van der Waals surface area (Å²) in [5.74, 6) is 0.215. The van der Waals surface area contributed by atoms with Gasteiger partial charge in [0.15, 0.2) is 5.82 Å². The Hall–Kier alpha value is -4.31. The number of nitro benzene ring substituents is 1. The molecular weight excluding hydrogens is 444 g/mol. The van der Waals surface area contributed by atoms with Gasteiger partial charge in [0.25, 0.3) is 5.69 Å². The topological polar surface area (TPSA) is 127 Å². The van der Waals surface area contributed by atoms with E-state index < -0.39 is 15.8 Å². The maximum absolute atomic E-state index is 12.2. The molecular formula is C23H18N4O5S. The number of hydrogen-bond donors (Lipinski definition) is 2. The van der Waals surface area contributed by atoms with Crippen molar-refractivity contribution in [2.75, 3.05) is 4.31 Å². The Labute approximate surface area is 190 Å². The molecule has 0 aliphatic heterocycles. The number of nitro groups is 1. The van der Waals surface area contributed by atoms with Gasteiger partial charge in [0.2, 0.25) is 10.9 Å². The molecule has 0 aliphatic carbocycles. The Morgan fingerprint density at radius 2 is 1.61 bits per heavy atom.